The van der Waals surface area contributed by atoms with Gasteiger partial charge in [0.15, 0.2) is 0 Å². The molecule has 154 valence electrons. The Balaban J connectivity index is 1.09. The van der Waals surface area contributed by atoms with Crippen molar-refractivity contribution in [2.75, 3.05) is 26.2 Å². The summed E-state index contributed by atoms with van der Waals surface area (Å²) in [5.41, 5.74) is 4.49. The maximum atomic E-state index is 4.25. The standard InChI is InChI=1S/C25H34N4/c1-2-7-22-16-25(15-21(22)6-1)29-12-4-8-24(19-29)27-23-9-13-28(14-10-23)18-20-5-3-11-26-17-20/h1-3,5-7,11,17,23-25,27H,4,8-10,12-16,18-19H2. The van der Waals surface area contributed by atoms with Crippen molar-refractivity contribution in [3.05, 3.63) is 65.5 Å². The zero-order valence-corrected chi connectivity index (χ0v) is 17.5. The molecule has 1 atom stereocenters. The molecule has 4 nitrogen and oxygen atoms in total. The lowest BCUT2D eigenvalue weighted by molar-refractivity contribution is 0.122. The topological polar surface area (TPSA) is 31.4 Å². The first kappa shape index (κ1) is 19.2. The van der Waals surface area contributed by atoms with E-state index in [0.717, 1.165) is 12.6 Å². The molecule has 0 radical (unpaired) electrons. The van der Waals surface area contributed by atoms with Crippen LogP contribution in [0.25, 0.3) is 0 Å². The van der Waals surface area contributed by atoms with Crippen LogP contribution in [0.2, 0.25) is 0 Å². The summed E-state index contributed by atoms with van der Waals surface area (Å²) in [4.78, 5) is 9.61. The average Bonchev–Trinajstić information content (AvgIpc) is 3.21. The van der Waals surface area contributed by atoms with Crippen LogP contribution >= 0.6 is 0 Å². The van der Waals surface area contributed by atoms with Gasteiger partial charge >= 0.3 is 0 Å². The number of fused-ring (bicyclic) bond motifs is 1. The van der Waals surface area contributed by atoms with Crippen LogP contribution in [-0.2, 0) is 19.4 Å². The van der Waals surface area contributed by atoms with Crippen LogP contribution in [0.4, 0.5) is 0 Å². The summed E-state index contributed by atoms with van der Waals surface area (Å²) in [5.74, 6) is 0. The molecule has 4 heteroatoms. The number of benzene rings is 1. The molecule has 2 aromatic rings. The second-order valence-corrected chi connectivity index (χ2v) is 9.24. The van der Waals surface area contributed by atoms with Crippen molar-refractivity contribution < 1.29 is 0 Å². The molecular weight excluding hydrogens is 356 g/mol. The first-order valence-electron chi connectivity index (χ1n) is 11.5. The Morgan fingerprint density at radius 1 is 0.897 bits per heavy atom. The molecule has 29 heavy (non-hydrogen) atoms. The number of nitrogens with zero attached hydrogens (tertiary/aromatic N) is 3. The Hall–Kier alpha value is -1.75. The molecule has 5 rings (SSSR count). The highest BCUT2D eigenvalue weighted by molar-refractivity contribution is 5.33. The van der Waals surface area contributed by atoms with Crippen molar-refractivity contribution in [2.24, 2.45) is 0 Å². The number of piperidine rings is 2. The lowest BCUT2D eigenvalue weighted by atomic mass is 9.98. The number of rotatable bonds is 5. The van der Waals surface area contributed by atoms with Gasteiger partial charge in [-0.15, -0.1) is 0 Å². The number of likely N-dealkylation sites (tertiary alicyclic amines) is 2. The number of pyridine rings is 1. The molecule has 1 aliphatic carbocycles. The Labute approximate surface area is 175 Å². The molecule has 1 aromatic heterocycles. The first-order chi connectivity index (χ1) is 14.3. The third-order valence-electron chi connectivity index (χ3n) is 7.19. The summed E-state index contributed by atoms with van der Waals surface area (Å²) in [5, 5.41) is 4.04. The van der Waals surface area contributed by atoms with Gasteiger partial charge in [-0.05, 0) is 80.9 Å². The van der Waals surface area contributed by atoms with Crippen LogP contribution in [0.3, 0.4) is 0 Å². The largest absolute Gasteiger partial charge is 0.310 e. The molecule has 3 heterocycles. The van der Waals surface area contributed by atoms with Gasteiger partial charge in [0, 0.05) is 43.6 Å². The SMILES string of the molecule is c1cncc(CN2CCC(NC3CCCN(C4Cc5ccccc5C4)C3)CC2)c1. The summed E-state index contributed by atoms with van der Waals surface area (Å²) in [6, 6.07) is 15.4. The number of aromatic nitrogens is 1. The minimum absolute atomic E-state index is 0.669. The van der Waals surface area contributed by atoms with Crippen LogP contribution in [0.5, 0.6) is 0 Å². The van der Waals surface area contributed by atoms with Crippen molar-refractivity contribution in [1.29, 1.82) is 0 Å². The highest BCUT2D eigenvalue weighted by Gasteiger charge is 2.31. The van der Waals surface area contributed by atoms with E-state index in [1.807, 2.05) is 18.5 Å². The number of hydrogen-bond acceptors (Lipinski definition) is 4. The maximum Gasteiger partial charge on any atom is 0.0312 e. The Morgan fingerprint density at radius 3 is 2.41 bits per heavy atom. The van der Waals surface area contributed by atoms with E-state index in [-0.39, 0.29) is 0 Å². The minimum atomic E-state index is 0.669. The third-order valence-corrected chi connectivity index (χ3v) is 7.19. The Bertz CT molecular complexity index is 759. The average molecular weight is 391 g/mol. The molecule has 2 aliphatic heterocycles. The van der Waals surface area contributed by atoms with Gasteiger partial charge in [-0.1, -0.05) is 30.3 Å². The molecule has 2 fully saturated rings. The Morgan fingerprint density at radius 2 is 1.69 bits per heavy atom. The van der Waals surface area contributed by atoms with Gasteiger partial charge in [0.1, 0.15) is 0 Å². The lowest BCUT2D eigenvalue weighted by Crippen LogP contribution is -2.54. The van der Waals surface area contributed by atoms with Gasteiger partial charge in [0.05, 0.1) is 0 Å². The zero-order valence-electron chi connectivity index (χ0n) is 17.5. The van der Waals surface area contributed by atoms with E-state index in [9.17, 15) is 0 Å². The molecule has 1 N–H and O–H groups in total. The van der Waals surface area contributed by atoms with Gasteiger partial charge in [0.25, 0.3) is 0 Å². The van der Waals surface area contributed by atoms with Gasteiger partial charge in [-0.3, -0.25) is 14.8 Å². The predicted molar refractivity (Wildman–Crippen MR) is 118 cm³/mol. The second kappa shape index (κ2) is 8.95. The molecule has 1 aromatic carbocycles. The fourth-order valence-corrected chi connectivity index (χ4v) is 5.61. The molecule has 0 spiro atoms. The van der Waals surface area contributed by atoms with Crippen molar-refractivity contribution in [2.45, 2.75) is 63.2 Å². The summed E-state index contributed by atoms with van der Waals surface area (Å²) >= 11 is 0. The van der Waals surface area contributed by atoms with E-state index in [0.29, 0.717) is 12.1 Å². The van der Waals surface area contributed by atoms with Gasteiger partial charge in [0.2, 0.25) is 0 Å². The van der Waals surface area contributed by atoms with Crippen LogP contribution in [-0.4, -0.2) is 59.1 Å². The van der Waals surface area contributed by atoms with Crippen LogP contribution in [0, 0.1) is 0 Å². The highest BCUT2D eigenvalue weighted by Crippen LogP contribution is 2.27. The van der Waals surface area contributed by atoms with E-state index in [2.05, 4.69) is 50.4 Å². The first-order valence-corrected chi connectivity index (χ1v) is 11.5. The molecular formula is C25H34N4. The molecule has 2 saturated heterocycles. The predicted octanol–water partition coefficient (Wildman–Crippen LogP) is 3.27. The summed E-state index contributed by atoms with van der Waals surface area (Å²) in [6.07, 6.45) is 11.6. The van der Waals surface area contributed by atoms with E-state index < -0.39 is 0 Å². The normalized spacial score (nSPS) is 24.6. The lowest BCUT2D eigenvalue weighted by Gasteiger charge is -2.40. The van der Waals surface area contributed by atoms with E-state index in [4.69, 9.17) is 0 Å². The Kier molecular flexibility index (Phi) is 5.93. The van der Waals surface area contributed by atoms with Crippen LogP contribution in [0.15, 0.2) is 48.8 Å². The smallest absolute Gasteiger partial charge is 0.0312 e. The fourth-order valence-electron chi connectivity index (χ4n) is 5.61. The second-order valence-electron chi connectivity index (χ2n) is 9.24. The van der Waals surface area contributed by atoms with Crippen LogP contribution in [0.1, 0.15) is 42.4 Å². The van der Waals surface area contributed by atoms with E-state index in [1.54, 1.807) is 11.1 Å². The number of hydrogen-bond donors (Lipinski definition) is 1. The molecule has 0 saturated carbocycles. The van der Waals surface area contributed by atoms with Crippen molar-refractivity contribution in [3.63, 3.8) is 0 Å². The molecule has 0 amide bonds. The van der Waals surface area contributed by atoms with Crippen molar-refractivity contribution >= 4 is 0 Å². The summed E-state index contributed by atoms with van der Waals surface area (Å²) in [6.45, 7) is 5.94. The monoisotopic (exact) mass is 390 g/mol. The number of nitrogens with one attached hydrogen (secondary N) is 1. The van der Waals surface area contributed by atoms with Gasteiger partial charge in [-0.25, -0.2) is 0 Å². The van der Waals surface area contributed by atoms with Gasteiger partial charge < -0.3 is 5.32 Å². The zero-order chi connectivity index (χ0) is 19.5. The van der Waals surface area contributed by atoms with Crippen LogP contribution < -0.4 is 5.32 Å². The minimum Gasteiger partial charge on any atom is -0.310 e. The molecule has 0 bridgehead atoms. The van der Waals surface area contributed by atoms with Crippen molar-refractivity contribution in [1.82, 2.24) is 20.1 Å². The highest BCUT2D eigenvalue weighted by atomic mass is 15.2. The van der Waals surface area contributed by atoms with Gasteiger partial charge in [-0.2, -0.15) is 0 Å². The maximum absolute atomic E-state index is 4.25. The summed E-state index contributed by atoms with van der Waals surface area (Å²) < 4.78 is 0. The third kappa shape index (κ3) is 4.71. The van der Waals surface area contributed by atoms with E-state index in [1.165, 1.54) is 70.3 Å². The quantitative estimate of drug-likeness (QED) is 0.849. The molecule has 1 unspecified atom stereocenters. The van der Waals surface area contributed by atoms with Crippen molar-refractivity contribution in [3.8, 4) is 0 Å². The summed E-state index contributed by atoms with van der Waals surface area (Å²) in [7, 11) is 0. The fraction of sp³-hybridized carbons (Fsp3) is 0.560. The van der Waals surface area contributed by atoms with E-state index >= 15 is 0 Å². The molecule has 3 aliphatic rings.